The molecule has 6 heteroatoms. The van der Waals surface area contributed by atoms with E-state index in [2.05, 4.69) is 22.5 Å². The molecule has 1 aromatic rings. The summed E-state index contributed by atoms with van der Waals surface area (Å²) in [5.74, 6) is 4.97. The lowest BCUT2D eigenvalue weighted by atomic mass is 10.1. The van der Waals surface area contributed by atoms with Crippen LogP contribution in [0.5, 0.6) is 0 Å². The third-order valence-corrected chi connectivity index (χ3v) is 3.44. The Hall–Kier alpha value is -2.03. The van der Waals surface area contributed by atoms with Gasteiger partial charge in [-0.25, -0.2) is 0 Å². The fraction of sp³-hybridized carbons (Fsp3) is 0.333. The predicted molar refractivity (Wildman–Crippen MR) is 78.9 cm³/mol. The Bertz CT molecular complexity index is 619. The van der Waals surface area contributed by atoms with Crippen LogP contribution in [0.2, 0.25) is 5.02 Å². The minimum Gasteiger partial charge on any atom is -0.384 e. The second-order valence-electron chi connectivity index (χ2n) is 4.67. The fourth-order valence-corrected chi connectivity index (χ4v) is 2.27. The average molecular weight is 307 g/mol. The van der Waals surface area contributed by atoms with Crippen molar-refractivity contribution in [1.29, 1.82) is 0 Å². The van der Waals surface area contributed by atoms with Gasteiger partial charge in [-0.1, -0.05) is 23.4 Å². The van der Waals surface area contributed by atoms with Gasteiger partial charge in [-0.2, -0.15) is 0 Å². The molecule has 1 aliphatic rings. The zero-order valence-corrected chi connectivity index (χ0v) is 12.0. The highest BCUT2D eigenvalue weighted by atomic mass is 35.5. The van der Waals surface area contributed by atoms with Gasteiger partial charge in [0.25, 0.3) is 5.91 Å². The van der Waals surface area contributed by atoms with Crippen LogP contribution in [0.4, 0.5) is 0 Å². The highest BCUT2D eigenvalue weighted by molar-refractivity contribution is 6.32. The van der Waals surface area contributed by atoms with Crippen LogP contribution in [0, 0.1) is 11.8 Å². The molecule has 1 fully saturated rings. The van der Waals surface area contributed by atoms with Crippen molar-refractivity contribution in [2.24, 2.45) is 0 Å². The van der Waals surface area contributed by atoms with Crippen molar-refractivity contribution < 1.29 is 14.7 Å². The number of rotatable bonds is 3. The molecule has 3 N–H and O–H groups in total. The maximum atomic E-state index is 12.0. The minimum atomic E-state index is -0.250. The molecule has 0 saturated carbocycles. The van der Waals surface area contributed by atoms with E-state index in [9.17, 15) is 9.59 Å². The molecule has 1 unspecified atom stereocenters. The third-order valence-electron chi connectivity index (χ3n) is 3.13. The molecule has 1 saturated heterocycles. The number of benzene rings is 1. The SMILES string of the molecule is O=C1CCC(CNC(=O)c2ccc(C#CCO)c(Cl)c2)N1. The Labute approximate surface area is 127 Å². The number of carbonyl (C=O) groups excluding carboxylic acids is 2. The molecule has 110 valence electrons. The minimum absolute atomic E-state index is 0.00776. The summed E-state index contributed by atoms with van der Waals surface area (Å²) in [6, 6.07) is 4.78. The van der Waals surface area contributed by atoms with Crippen LogP contribution in [0.25, 0.3) is 0 Å². The van der Waals surface area contributed by atoms with E-state index in [-0.39, 0.29) is 24.5 Å². The van der Waals surface area contributed by atoms with Crippen molar-refractivity contribution in [3.05, 3.63) is 34.3 Å². The zero-order chi connectivity index (χ0) is 15.2. The van der Waals surface area contributed by atoms with Gasteiger partial charge in [0, 0.05) is 30.1 Å². The molecule has 2 amide bonds. The van der Waals surface area contributed by atoms with Crippen molar-refractivity contribution in [2.45, 2.75) is 18.9 Å². The lowest BCUT2D eigenvalue weighted by molar-refractivity contribution is -0.119. The van der Waals surface area contributed by atoms with Crippen molar-refractivity contribution >= 4 is 23.4 Å². The first-order chi connectivity index (χ1) is 10.1. The number of hydrogen-bond donors (Lipinski definition) is 3. The van der Waals surface area contributed by atoms with E-state index in [1.165, 1.54) is 6.07 Å². The van der Waals surface area contributed by atoms with Crippen LogP contribution < -0.4 is 10.6 Å². The number of aliphatic hydroxyl groups excluding tert-OH is 1. The Morgan fingerprint density at radius 3 is 2.95 bits per heavy atom. The first-order valence-corrected chi connectivity index (χ1v) is 6.95. The van der Waals surface area contributed by atoms with Crippen LogP contribution in [-0.2, 0) is 4.79 Å². The normalized spacial score (nSPS) is 16.9. The summed E-state index contributed by atoms with van der Waals surface area (Å²) in [7, 11) is 0. The van der Waals surface area contributed by atoms with E-state index in [1.54, 1.807) is 12.1 Å². The molecule has 5 nitrogen and oxygen atoms in total. The highest BCUT2D eigenvalue weighted by Crippen LogP contribution is 2.17. The first-order valence-electron chi connectivity index (χ1n) is 6.57. The summed E-state index contributed by atoms with van der Waals surface area (Å²) in [4.78, 5) is 23.1. The number of aliphatic hydroxyl groups is 1. The summed E-state index contributed by atoms with van der Waals surface area (Å²) < 4.78 is 0. The van der Waals surface area contributed by atoms with E-state index in [0.29, 0.717) is 29.1 Å². The summed E-state index contributed by atoms with van der Waals surface area (Å²) >= 11 is 6.03. The van der Waals surface area contributed by atoms with Crippen molar-refractivity contribution in [3.8, 4) is 11.8 Å². The maximum absolute atomic E-state index is 12.0. The van der Waals surface area contributed by atoms with E-state index >= 15 is 0 Å². The molecule has 0 bridgehead atoms. The van der Waals surface area contributed by atoms with Gasteiger partial charge in [-0.05, 0) is 24.6 Å². The van der Waals surface area contributed by atoms with Gasteiger partial charge in [0.05, 0.1) is 5.02 Å². The van der Waals surface area contributed by atoms with Crippen LogP contribution in [-0.4, -0.2) is 36.1 Å². The highest BCUT2D eigenvalue weighted by Gasteiger charge is 2.21. The van der Waals surface area contributed by atoms with Gasteiger partial charge in [-0.3, -0.25) is 9.59 Å². The van der Waals surface area contributed by atoms with E-state index in [0.717, 1.165) is 6.42 Å². The zero-order valence-electron chi connectivity index (χ0n) is 11.3. The molecule has 1 aromatic carbocycles. The smallest absolute Gasteiger partial charge is 0.251 e. The molecular formula is C15H15ClN2O3. The number of carbonyl (C=O) groups is 2. The number of amides is 2. The molecule has 1 heterocycles. The largest absolute Gasteiger partial charge is 0.384 e. The molecule has 0 aromatic heterocycles. The molecule has 0 aliphatic carbocycles. The summed E-state index contributed by atoms with van der Waals surface area (Å²) in [5.41, 5.74) is 0.990. The molecule has 0 spiro atoms. The van der Waals surface area contributed by atoms with E-state index < -0.39 is 0 Å². The first kappa shape index (κ1) is 15.4. The maximum Gasteiger partial charge on any atom is 0.251 e. The molecular weight excluding hydrogens is 292 g/mol. The van der Waals surface area contributed by atoms with Crippen molar-refractivity contribution in [1.82, 2.24) is 10.6 Å². The topological polar surface area (TPSA) is 78.4 Å². The van der Waals surface area contributed by atoms with Crippen LogP contribution in [0.15, 0.2) is 18.2 Å². The van der Waals surface area contributed by atoms with E-state index in [1.807, 2.05) is 0 Å². The number of nitrogens with one attached hydrogen (secondary N) is 2. The Balaban J connectivity index is 1.96. The lowest BCUT2D eigenvalue weighted by Crippen LogP contribution is -2.38. The monoisotopic (exact) mass is 306 g/mol. The lowest BCUT2D eigenvalue weighted by Gasteiger charge is -2.11. The van der Waals surface area contributed by atoms with Crippen molar-refractivity contribution in [3.63, 3.8) is 0 Å². The molecule has 2 rings (SSSR count). The predicted octanol–water partition coefficient (Wildman–Crippen LogP) is 0.692. The quantitative estimate of drug-likeness (QED) is 0.719. The Morgan fingerprint density at radius 1 is 1.52 bits per heavy atom. The fourth-order valence-electron chi connectivity index (χ4n) is 2.04. The summed E-state index contributed by atoms with van der Waals surface area (Å²) in [6.07, 6.45) is 1.24. The van der Waals surface area contributed by atoms with Crippen LogP contribution in [0.1, 0.15) is 28.8 Å². The standard InChI is InChI=1S/C15H15ClN2O3/c16-13-8-11(4-3-10(13)2-1-7-19)15(21)17-9-12-5-6-14(20)18-12/h3-4,8,12,19H,5-7,9H2,(H,17,21)(H,18,20). The molecule has 0 radical (unpaired) electrons. The van der Waals surface area contributed by atoms with E-state index in [4.69, 9.17) is 16.7 Å². The van der Waals surface area contributed by atoms with Crippen LogP contribution >= 0.6 is 11.6 Å². The van der Waals surface area contributed by atoms with Gasteiger partial charge in [0.1, 0.15) is 6.61 Å². The van der Waals surface area contributed by atoms with Crippen molar-refractivity contribution in [2.75, 3.05) is 13.2 Å². The second-order valence-corrected chi connectivity index (χ2v) is 5.07. The number of hydrogen-bond acceptors (Lipinski definition) is 3. The summed E-state index contributed by atoms with van der Waals surface area (Å²) in [6.45, 7) is 0.153. The molecule has 1 atom stereocenters. The Morgan fingerprint density at radius 2 is 2.33 bits per heavy atom. The third kappa shape index (κ3) is 4.22. The van der Waals surface area contributed by atoms with Crippen LogP contribution in [0.3, 0.4) is 0 Å². The second kappa shape index (κ2) is 7.11. The van der Waals surface area contributed by atoms with Gasteiger partial charge in [0.2, 0.25) is 5.91 Å². The van der Waals surface area contributed by atoms with Gasteiger partial charge in [-0.15, -0.1) is 0 Å². The average Bonchev–Trinajstić information content (AvgIpc) is 2.89. The Kier molecular flexibility index (Phi) is 5.20. The molecule has 21 heavy (non-hydrogen) atoms. The molecule has 1 aliphatic heterocycles. The van der Waals surface area contributed by atoms with Gasteiger partial charge < -0.3 is 15.7 Å². The van der Waals surface area contributed by atoms with Gasteiger partial charge >= 0.3 is 0 Å². The van der Waals surface area contributed by atoms with Gasteiger partial charge in [0.15, 0.2) is 0 Å². The number of halogens is 1. The summed E-state index contributed by atoms with van der Waals surface area (Å²) in [5, 5.41) is 14.5.